The minimum Gasteiger partial charge on any atom is -0.368 e. The van der Waals surface area contributed by atoms with Gasteiger partial charge in [-0.15, -0.1) is 0 Å². The summed E-state index contributed by atoms with van der Waals surface area (Å²) in [5.74, 6) is -0.347. The molecule has 1 amide bonds. The van der Waals surface area contributed by atoms with Gasteiger partial charge in [-0.05, 0) is 13.0 Å². The molecule has 0 aromatic heterocycles. The van der Waals surface area contributed by atoms with Crippen LogP contribution in [0.15, 0.2) is 0 Å². The van der Waals surface area contributed by atoms with Crippen LogP contribution in [0.25, 0.3) is 0 Å². The Kier molecular flexibility index (Phi) is 1.68. The molecular formula is C5H11N3O. The molecule has 9 heavy (non-hydrogen) atoms. The number of rotatable bonds is 1. The predicted octanol–water partition coefficient (Wildman–Crippen LogP) is -1.84. The van der Waals surface area contributed by atoms with Crippen molar-refractivity contribution in [3.8, 4) is 0 Å². The second-order valence-electron chi connectivity index (χ2n) is 2.29. The Morgan fingerprint density at radius 2 is 2.33 bits per heavy atom. The predicted molar refractivity (Wildman–Crippen MR) is 33.6 cm³/mol. The van der Waals surface area contributed by atoms with E-state index in [1.54, 1.807) is 0 Å². The molecule has 0 saturated carbocycles. The van der Waals surface area contributed by atoms with Crippen molar-refractivity contribution < 1.29 is 4.79 Å². The van der Waals surface area contributed by atoms with Crippen LogP contribution >= 0.6 is 0 Å². The van der Waals surface area contributed by atoms with Crippen LogP contribution in [0.5, 0.6) is 0 Å². The summed E-state index contributed by atoms with van der Waals surface area (Å²) in [4.78, 5) is 10.5. The van der Waals surface area contributed by atoms with Gasteiger partial charge in [0.05, 0.1) is 0 Å². The molecule has 4 heteroatoms. The molecule has 52 valence electrons. The van der Waals surface area contributed by atoms with Gasteiger partial charge in [0.2, 0.25) is 5.91 Å². The Bertz CT molecular complexity index is 125. The summed E-state index contributed by atoms with van der Waals surface area (Å²) in [7, 11) is 0. The first-order valence-electron chi connectivity index (χ1n) is 3.00. The van der Waals surface area contributed by atoms with Crippen molar-refractivity contribution in [3.05, 3.63) is 0 Å². The van der Waals surface area contributed by atoms with E-state index in [9.17, 15) is 4.79 Å². The van der Waals surface area contributed by atoms with E-state index in [1.807, 2.05) is 0 Å². The van der Waals surface area contributed by atoms with Crippen LogP contribution in [-0.2, 0) is 4.79 Å². The van der Waals surface area contributed by atoms with Crippen LogP contribution in [0.2, 0.25) is 0 Å². The highest BCUT2D eigenvalue weighted by molar-refractivity contribution is 5.81. The van der Waals surface area contributed by atoms with Crippen LogP contribution in [0.4, 0.5) is 0 Å². The summed E-state index contributed by atoms with van der Waals surface area (Å²) < 4.78 is 0. The van der Waals surface area contributed by atoms with Crippen molar-refractivity contribution in [2.45, 2.75) is 18.5 Å². The van der Waals surface area contributed by atoms with Crippen molar-refractivity contribution in [1.29, 1.82) is 0 Å². The molecule has 1 heterocycles. The summed E-state index contributed by atoms with van der Waals surface area (Å²) in [6.07, 6.45) is 0.841. The minimum absolute atomic E-state index is 0.0810. The van der Waals surface area contributed by atoms with Crippen LogP contribution in [0.1, 0.15) is 6.42 Å². The standard InChI is InChI=1S/C5H11N3O/c6-3-1-2-8-4(3)5(7)9/h3-4,8H,1-2,6H2,(H2,7,9). The summed E-state index contributed by atoms with van der Waals surface area (Å²) in [5, 5.41) is 2.91. The Labute approximate surface area is 53.6 Å². The summed E-state index contributed by atoms with van der Waals surface area (Å²) in [6, 6.07) is -0.382. The van der Waals surface area contributed by atoms with Crippen molar-refractivity contribution in [1.82, 2.24) is 5.32 Å². The van der Waals surface area contributed by atoms with Crippen molar-refractivity contribution in [2.24, 2.45) is 11.5 Å². The highest BCUT2D eigenvalue weighted by Gasteiger charge is 2.27. The number of primary amides is 1. The lowest BCUT2D eigenvalue weighted by atomic mass is 10.1. The Balaban J connectivity index is 2.49. The molecule has 1 aliphatic heterocycles. The first kappa shape index (κ1) is 6.51. The maximum Gasteiger partial charge on any atom is 0.236 e. The number of nitrogens with two attached hydrogens (primary N) is 2. The van der Waals surface area contributed by atoms with Gasteiger partial charge in [-0.3, -0.25) is 4.79 Å². The smallest absolute Gasteiger partial charge is 0.236 e. The van der Waals surface area contributed by atoms with Crippen LogP contribution in [0.3, 0.4) is 0 Å². The van der Waals surface area contributed by atoms with Crippen LogP contribution in [-0.4, -0.2) is 24.5 Å². The molecule has 0 spiro atoms. The maximum absolute atomic E-state index is 10.5. The summed E-state index contributed by atoms with van der Waals surface area (Å²) >= 11 is 0. The number of amides is 1. The largest absolute Gasteiger partial charge is 0.368 e. The second kappa shape index (κ2) is 2.33. The maximum atomic E-state index is 10.5. The van der Waals surface area contributed by atoms with Gasteiger partial charge in [-0.25, -0.2) is 0 Å². The third-order valence-corrected chi connectivity index (χ3v) is 1.58. The average molecular weight is 129 g/mol. The molecule has 1 rings (SSSR count). The van der Waals surface area contributed by atoms with E-state index >= 15 is 0 Å². The van der Waals surface area contributed by atoms with Gasteiger partial charge < -0.3 is 16.8 Å². The van der Waals surface area contributed by atoms with Gasteiger partial charge in [0.15, 0.2) is 0 Å². The molecule has 0 bridgehead atoms. The molecular weight excluding hydrogens is 118 g/mol. The molecule has 5 N–H and O–H groups in total. The van der Waals surface area contributed by atoms with E-state index in [-0.39, 0.29) is 18.0 Å². The first-order chi connectivity index (χ1) is 4.22. The molecule has 0 aliphatic carbocycles. The Hall–Kier alpha value is -0.610. The monoisotopic (exact) mass is 129 g/mol. The average Bonchev–Trinajstić information content (AvgIpc) is 2.13. The number of hydrogen-bond donors (Lipinski definition) is 3. The van der Waals surface area contributed by atoms with E-state index < -0.39 is 0 Å². The molecule has 0 radical (unpaired) electrons. The van der Waals surface area contributed by atoms with Crippen molar-refractivity contribution in [2.75, 3.05) is 6.54 Å². The number of carbonyl (C=O) groups is 1. The quantitative estimate of drug-likeness (QED) is 0.389. The molecule has 2 atom stereocenters. The van der Waals surface area contributed by atoms with Gasteiger partial charge >= 0.3 is 0 Å². The Morgan fingerprint density at radius 3 is 2.56 bits per heavy atom. The molecule has 2 unspecified atom stereocenters. The van der Waals surface area contributed by atoms with Gasteiger partial charge in [-0.2, -0.15) is 0 Å². The SMILES string of the molecule is NC(=O)C1NCCC1N. The zero-order valence-corrected chi connectivity index (χ0v) is 5.13. The van der Waals surface area contributed by atoms with E-state index in [0.29, 0.717) is 0 Å². The number of carbonyl (C=O) groups excluding carboxylic acids is 1. The molecule has 0 aromatic rings. The molecule has 1 fully saturated rings. The van der Waals surface area contributed by atoms with E-state index in [1.165, 1.54) is 0 Å². The summed E-state index contributed by atoms with van der Waals surface area (Å²) in [6.45, 7) is 0.800. The number of nitrogens with one attached hydrogen (secondary N) is 1. The van der Waals surface area contributed by atoms with Crippen molar-refractivity contribution in [3.63, 3.8) is 0 Å². The van der Waals surface area contributed by atoms with Gasteiger partial charge in [0.1, 0.15) is 6.04 Å². The minimum atomic E-state index is -0.347. The number of hydrogen-bond acceptors (Lipinski definition) is 3. The lowest BCUT2D eigenvalue weighted by Gasteiger charge is -2.09. The lowest BCUT2D eigenvalue weighted by Crippen LogP contribution is -2.46. The van der Waals surface area contributed by atoms with Crippen LogP contribution < -0.4 is 16.8 Å². The fourth-order valence-corrected chi connectivity index (χ4v) is 1.04. The third kappa shape index (κ3) is 1.20. The molecule has 0 aromatic carbocycles. The third-order valence-electron chi connectivity index (χ3n) is 1.58. The fourth-order valence-electron chi connectivity index (χ4n) is 1.04. The van der Waals surface area contributed by atoms with E-state index in [2.05, 4.69) is 5.32 Å². The van der Waals surface area contributed by atoms with Crippen LogP contribution in [0, 0.1) is 0 Å². The molecule has 1 aliphatic rings. The topological polar surface area (TPSA) is 81.1 Å². The van der Waals surface area contributed by atoms with Gasteiger partial charge in [0.25, 0.3) is 0 Å². The summed E-state index contributed by atoms with van der Waals surface area (Å²) in [5.41, 5.74) is 10.5. The Morgan fingerprint density at radius 1 is 1.67 bits per heavy atom. The second-order valence-corrected chi connectivity index (χ2v) is 2.29. The highest BCUT2D eigenvalue weighted by Crippen LogP contribution is 2.02. The highest BCUT2D eigenvalue weighted by atomic mass is 16.1. The zero-order valence-electron chi connectivity index (χ0n) is 5.13. The van der Waals surface area contributed by atoms with E-state index in [0.717, 1.165) is 13.0 Å². The molecule has 4 nitrogen and oxygen atoms in total. The lowest BCUT2D eigenvalue weighted by molar-refractivity contribution is -0.119. The molecule has 1 saturated heterocycles. The van der Waals surface area contributed by atoms with E-state index in [4.69, 9.17) is 11.5 Å². The fraction of sp³-hybridized carbons (Fsp3) is 0.800. The zero-order chi connectivity index (χ0) is 6.85. The normalized spacial score (nSPS) is 34.8. The van der Waals surface area contributed by atoms with Crippen molar-refractivity contribution >= 4 is 5.91 Å². The first-order valence-corrected chi connectivity index (χ1v) is 3.00. The van der Waals surface area contributed by atoms with Gasteiger partial charge in [-0.1, -0.05) is 0 Å². The van der Waals surface area contributed by atoms with Gasteiger partial charge in [0, 0.05) is 6.04 Å².